The van der Waals surface area contributed by atoms with Gasteiger partial charge in [0.1, 0.15) is 0 Å². The maximum Gasteiger partial charge on any atom is 0.218 e. The van der Waals surface area contributed by atoms with Crippen LogP contribution in [0.15, 0.2) is 24.3 Å². The number of likely N-dealkylation sites (N-methyl/N-ethyl adjacent to an activating group) is 1. The number of nitrogens with zero attached hydrogens (tertiary/aromatic N) is 1. The molecule has 0 bridgehead atoms. The van der Waals surface area contributed by atoms with Crippen LogP contribution in [-0.2, 0) is 22.2 Å². The van der Waals surface area contributed by atoms with Gasteiger partial charge in [-0.3, -0.25) is 0 Å². The van der Waals surface area contributed by atoms with Crippen molar-refractivity contribution >= 4 is 27.2 Å². The van der Waals surface area contributed by atoms with Crippen LogP contribution < -0.4 is 5.73 Å². The Labute approximate surface area is 127 Å². The van der Waals surface area contributed by atoms with Crippen molar-refractivity contribution in [2.75, 3.05) is 13.6 Å². The summed E-state index contributed by atoms with van der Waals surface area (Å²) in [6.07, 6.45) is 3.21. The molecule has 0 atom stereocenters. The maximum atomic E-state index is 12.2. The van der Waals surface area contributed by atoms with E-state index in [9.17, 15) is 8.42 Å². The molecule has 20 heavy (non-hydrogen) atoms. The normalized spacial score (nSPS) is 11.8. The summed E-state index contributed by atoms with van der Waals surface area (Å²) in [7, 11) is -1.88. The molecule has 0 unspecified atom stereocenters. The zero-order chi connectivity index (χ0) is 15.2. The molecule has 112 valence electrons. The summed E-state index contributed by atoms with van der Waals surface area (Å²) in [6.45, 7) is 2.21. The fourth-order valence-electron chi connectivity index (χ4n) is 1.89. The lowest BCUT2D eigenvalue weighted by Crippen LogP contribution is -2.35. The van der Waals surface area contributed by atoms with E-state index in [0.29, 0.717) is 0 Å². The molecule has 0 aromatic heterocycles. The van der Waals surface area contributed by atoms with Crippen LogP contribution in [0.5, 0.6) is 0 Å². The topological polar surface area (TPSA) is 63.4 Å². The summed E-state index contributed by atoms with van der Waals surface area (Å²) in [5.41, 5.74) is 7.36. The third kappa shape index (κ3) is 5.56. The van der Waals surface area contributed by atoms with Gasteiger partial charge in [0.05, 0.1) is 17.3 Å². The SMILES string of the molecule is CCCCc1cccc(CS(=O)(=O)N(C)CC(N)=S)c1. The molecule has 0 spiro atoms. The number of aryl methyl sites for hydroxylation is 1. The molecule has 1 aromatic carbocycles. The Morgan fingerprint density at radius 3 is 2.60 bits per heavy atom. The van der Waals surface area contributed by atoms with Crippen LogP contribution in [0.25, 0.3) is 0 Å². The van der Waals surface area contributed by atoms with E-state index in [2.05, 4.69) is 6.92 Å². The van der Waals surface area contributed by atoms with Gasteiger partial charge in [-0.2, -0.15) is 4.31 Å². The highest BCUT2D eigenvalue weighted by Crippen LogP contribution is 2.13. The lowest BCUT2D eigenvalue weighted by Gasteiger charge is -2.16. The highest BCUT2D eigenvalue weighted by Gasteiger charge is 2.19. The summed E-state index contributed by atoms with van der Waals surface area (Å²) in [5.74, 6) is -0.0217. The predicted octanol–water partition coefficient (Wildman–Crippen LogP) is 2.08. The van der Waals surface area contributed by atoms with Gasteiger partial charge < -0.3 is 5.73 Å². The summed E-state index contributed by atoms with van der Waals surface area (Å²) >= 11 is 4.75. The number of hydrogen-bond acceptors (Lipinski definition) is 3. The van der Waals surface area contributed by atoms with Crippen molar-refractivity contribution in [1.29, 1.82) is 0 Å². The lowest BCUT2D eigenvalue weighted by molar-refractivity contribution is 0.505. The molecule has 0 aliphatic carbocycles. The average Bonchev–Trinajstić information content (AvgIpc) is 2.35. The summed E-state index contributed by atoms with van der Waals surface area (Å²) < 4.78 is 25.5. The highest BCUT2D eigenvalue weighted by molar-refractivity contribution is 7.88. The van der Waals surface area contributed by atoms with Crippen LogP contribution in [0, 0.1) is 0 Å². The van der Waals surface area contributed by atoms with E-state index in [1.54, 1.807) is 0 Å². The number of thiocarbonyl (C=S) groups is 1. The van der Waals surface area contributed by atoms with E-state index >= 15 is 0 Å². The Morgan fingerprint density at radius 2 is 2.00 bits per heavy atom. The Kier molecular flexibility index (Phi) is 6.58. The number of sulfonamides is 1. The monoisotopic (exact) mass is 314 g/mol. The van der Waals surface area contributed by atoms with E-state index in [0.717, 1.165) is 24.8 Å². The number of benzene rings is 1. The first-order valence-electron chi connectivity index (χ1n) is 6.65. The number of rotatable bonds is 8. The molecule has 2 N–H and O–H groups in total. The molecule has 0 aliphatic rings. The van der Waals surface area contributed by atoms with Crippen LogP contribution in [0.1, 0.15) is 30.9 Å². The van der Waals surface area contributed by atoms with E-state index in [4.69, 9.17) is 18.0 Å². The largest absolute Gasteiger partial charge is 0.392 e. The minimum absolute atomic E-state index is 0.0217. The first-order chi connectivity index (χ1) is 9.35. The zero-order valence-corrected chi connectivity index (χ0v) is 13.6. The average molecular weight is 314 g/mol. The van der Waals surface area contributed by atoms with E-state index in [-0.39, 0.29) is 17.3 Å². The van der Waals surface area contributed by atoms with E-state index in [1.807, 2.05) is 24.3 Å². The Balaban J connectivity index is 2.79. The molecule has 6 heteroatoms. The van der Waals surface area contributed by atoms with Crippen molar-refractivity contribution < 1.29 is 8.42 Å². The van der Waals surface area contributed by atoms with Crippen molar-refractivity contribution in [2.24, 2.45) is 5.73 Å². The summed E-state index contributed by atoms with van der Waals surface area (Å²) in [6, 6.07) is 7.73. The van der Waals surface area contributed by atoms with E-state index in [1.165, 1.54) is 16.9 Å². The third-order valence-corrected chi connectivity index (χ3v) is 4.92. The quantitative estimate of drug-likeness (QED) is 0.746. The minimum atomic E-state index is -3.38. The van der Waals surface area contributed by atoms with Gasteiger partial charge in [0.2, 0.25) is 10.0 Å². The second kappa shape index (κ2) is 7.71. The van der Waals surface area contributed by atoms with Gasteiger partial charge in [-0.25, -0.2) is 8.42 Å². The second-order valence-corrected chi connectivity index (χ2v) is 7.50. The maximum absolute atomic E-state index is 12.2. The molecule has 0 amide bonds. The van der Waals surface area contributed by atoms with Gasteiger partial charge in [0.15, 0.2) is 0 Å². The fraction of sp³-hybridized carbons (Fsp3) is 0.500. The number of hydrogen-bond donors (Lipinski definition) is 1. The van der Waals surface area contributed by atoms with Crippen LogP contribution in [0.4, 0.5) is 0 Å². The predicted molar refractivity (Wildman–Crippen MR) is 87.1 cm³/mol. The van der Waals surface area contributed by atoms with Gasteiger partial charge in [0.25, 0.3) is 0 Å². The molecule has 1 aromatic rings. The Bertz CT molecular complexity index is 556. The van der Waals surface area contributed by atoms with Gasteiger partial charge in [0, 0.05) is 7.05 Å². The van der Waals surface area contributed by atoms with Crippen LogP contribution in [0.2, 0.25) is 0 Å². The molecular formula is C14H22N2O2S2. The minimum Gasteiger partial charge on any atom is -0.392 e. The molecule has 0 saturated carbocycles. The molecule has 0 radical (unpaired) electrons. The molecule has 0 heterocycles. The third-order valence-electron chi connectivity index (χ3n) is 3.01. The molecule has 0 saturated heterocycles. The Hall–Kier alpha value is -0.980. The van der Waals surface area contributed by atoms with Gasteiger partial charge in [-0.1, -0.05) is 49.8 Å². The summed E-state index contributed by atoms with van der Waals surface area (Å²) in [5, 5.41) is 0. The smallest absolute Gasteiger partial charge is 0.218 e. The number of unbranched alkanes of at least 4 members (excludes halogenated alkanes) is 1. The fourth-order valence-corrected chi connectivity index (χ4v) is 3.33. The Morgan fingerprint density at radius 1 is 1.35 bits per heavy atom. The number of nitrogens with two attached hydrogens (primary N) is 1. The van der Waals surface area contributed by atoms with Crippen molar-refractivity contribution in [3.05, 3.63) is 35.4 Å². The van der Waals surface area contributed by atoms with Crippen molar-refractivity contribution in [2.45, 2.75) is 31.9 Å². The molecular weight excluding hydrogens is 292 g/mol. The van der Waals surface area contributed by atoms with E-state index < -0.39 is 10.0 Å². The van der Waals surface area contributed by atoms with Gasteiger partial charge in [-0.05, 0) is 24.0 Å². The molecule has 1 rings (SSSR count). The first-order valence-corrected chi connectivity index (χ1v) is 8.67. The van der Waals surface area contributed by atoms with Crippen molar-refractivity contribution in [1.82, 2.24) is 4.31 Å². The lowest BCUT2D eigenvalue weighted by atomic mass is 10.1. The highest BCUT2D eigenvalue weighted by atomic mass is 32.2. The molecule has 0 aliphatic heterocycles. The van der Waals surface area contributed by atoms with Crippen molar-refractivity contribution in [3.63, 3.8) is 0 Å². The van der Waals surface area contributed by atoms with Crippen LogP contribution in [-0.4, -0.2) is 31.3 Å². The van der Waals surface area contributed by atoms with Gasteiger partial charge >= 0.3 is 0 Å². The second-order valence-electron chi connectivity index (χ2n) is 4.90. The zero-order valence-electron chi connectivity index (χ0n) is 12.0. The van der Waals surface area contributed by atoms with Crippen molar-refractivity contribution in [3.8, 4) is 0 Å². The standard InChI is InChI=1S/C14H22N2O2S2/c1-3-4-6-12-7-5-8-13(9-12)11-20(17,18)16(2)10-14(15)19/h5,7-9H,3-4,6,10-11H2,1-2H3,(H2,15,19). The molecule has 0 fully saturated rings. The first kappa shape index (κ1) is 17.1. The summed E-state index contributed by atoms with van der Waals surface area (Å²) in [4.78, 5) is 0.174. The molecule has 4 nitrogen and oxygen atoms in total. The van der Waals surface area contributed by atoms with Gasteiger partial charge in [-0.15, -0.1) is 0 Å². The van der Waals surface area contributed by atoms with Crippen LogP contribution >= 0.6 is 12.2 Å². The van der Waals surface area contributed by atoms with Crippen LogP contribution in [0.3, 0.4) is 0 Å².